The summed E-state index contributed by atoms with van der Waals surface area (Å²) in [6, 6.07) is 11.7. The molecular weight excluding hydrogens is 282 g/mol. The van der Waals surface area contributed by atoms with Crippen LogP contribution in [0.15, 0.2) is 46.9 Å². The number of phenolic OH excluding ortho intramolecular Hbond substituents is 1. The molecule has 0 aliphatic heterocycles. The summed E-state index contributed by atoms with van der Waals surface area (Å²) in [6.07, 6.45) is -0.798. The Hall–Kier alpha value is -1.52. The van der Waals surface area contributed by atoms with Crippen molar-refractivity contribution in [3.63, 3.8) is 0 Å². The molecule has 1 atom stereocenters. The molecule has 0 fully saturated rings. The number of aliphatic hydroxyl groups is 1. The van der Waals surface area contributed by atoms with Crippen LogP contribution in [-0.4, -0.2) is 10.2 Å². The van der Waals surface area contributed by atoms with E-state index in [0.29, 0.717) is 16.8 Å². The van der Waals surface area contributed by atoms with Gasteiger partial charge in [-0.05, 0) is 35.9 Å². The minimum Gasteiger partial charge on any atom is -0.508 e. The van der Waals surface area contributed by atoms with Crippen LogP contribution in [0.1, 0.15) is 17.2 Å². The number of benzene rings is 2. The van der Waals surface area contributed by atoms with Crippen molar-refractivity contribution in [1.82, 2.24) is 0 Å². The maximum absolute atomic E-state index is 10.2. The summed E-state index contributed by atoms with van der Waals surface area (Å²) in [5, 5.41) is 19.4. The van der Waals surface area contributed by atoms with Crippen LogP contribution in [0, 0.1) is 0 Å². The average Bonchev–Trinajstić information content (AvgIpc) is 2.32. The van der Waals surface area contributed by atoms with Crippen LogP contribution < -0.4 is 5.73 Å². The first-order valence-electron chi connectivity index (χ1n) is 5.10. The molecule has 2 aromatic carbocycles. The van der Waals surface area contributed by atoms with E-state index in [1.165, 1.54) is 12.1 Å². The van der Waals surface area contributed by atoms with Gasteiger partial charge in [-0.15, -0.1) is 0 Å². The molecule has 0 saturated heterocycles. The third-order valence-electron chi connectivity index (χ3n) is 2.55. The third kappa shape index (κ3) is 2.60. The molecule has 4 heteroatoms. The van der Waals surface area contributed by atoms with E-state index in [-0.39, 0.29) is 5.75 Å². The number of nitrogens with two attached hydrogens (primary N) is 1. The summed E-state index contributed by atoms with van der Waals surface area (Å²) in [4.78, 5) is 0. The number of halogens is 1. The SMILES string of the molecule is Nc1ccc(Br)cc1C(O)c1ccc(O)cc1. The summed E-state index contributed by atoms with van der Waals surface area (Å²) in [6.45, 7) is 0. The van der Waals surface area contributed by atoms with E-state index >= 15 is 0 Å². The lowest BCUT2D eigenvalue weighted by molar-refractivity contribution is 0.221. The van der Waals surface area contributed by atoms with Crippen molar-refractivity contribution < 1.29 is 10.2 Å². The van der Waals surface area contributed by atoms with Gasteiger partial charge in [0.15, 0.2) is 0 Å². The molecule has 17 heavy (non-hydrogen) atoms. The highest BCUT2D eigenvalue weighted by atomic mass is 79.9. The van der Waals surface area contributed by atoms with E-state index in [0.717, 1.165) is 4.47 Å². The Labute approximate surface area is 108 Å². The highest BCUT2D eigenvalue weighted by molar-refractivity contribution is 9.10. The number of rotatable bonds is 2. The largest absolute Gasteiger partial charge is 0.508 e. The molecule has 0 radical (unpaired) electrons. The van der Waals surface area contributed by atoms with E-state index in [1.54, 1.807) is 24.3 Å². The Kier molecular flexibility index (Phi) is 3.36. The minimum atomic E-state index is -0.798. The van der Waals surface area contributed by atoms with Crippen molar-refractivity contribution >= 4 is 21.6 Å². The van der Waals surface area contributed by atoms with E-state index in [2.05, 4.69) is 15.9 Å². The van der Waals surface area contributed by atoms with Crippen molar-refractivity contribution in [2.24, 2.45) is 0 Å². The first kappa shape index (κ1) is 12.0. The third-order valence-corrected chi connectivity index (χ3v) is 3.05. The van der Waals surface area contributed by atoms with Gasteiger partial charge >= 0.3 is 0 Å². The lowest BCUT2D eigenvalue weighted by Gasteiger charge is -2.14. The molecule has 0 bridgehead atoms. The first-order valence-corrected chi connectivity index (χ1v) is 5.89. The molecule has 0 aliphatic rings. The summed E-state index contributed by atoms with van der Waals surface area (Å²) in [5.74, 6) is 0.170. The Morgan fingerprint density at radius 1 is 1.06 bits per heavy atom. The maximum atomic E-state index is 10.2. The minimum absolute atomic E-state index is 0.170. The average molecular weight is 294 g/mol. The van der Waals surface area contributed by atoms with Gasteiger partial charge in [0, 0.05) is 15.7 Å². The number of aromatic hydroxyl groups is 1. The molecule has 0 amide bonds. The second-order valence-electron chi connectivity index (χ2n) is 3.77. The van der Waals surface area contributed by atoms with Crippen molar-refractivity contribution in [1.29, 1.82) is 0 Å². The fourth-order valence-electron chi connectivity index (χ4n) is 1.62. The molecule has 3 nitrogen and oxygen atoms in total. The number of nitrogen functional groups attached to an aromatic ring is 1. The van der Waals surface area contributed by atoms with E-state index < -0.39 is 6.10 Å². The van der Waals surface area contributed by atoms with Crippen LogP contribution >= 0.6 is 15.9 Å². The Morgan fingerprint density at radius 2 is 1.71 bits per heavy atom. The molecule has 2 rings (SSSR count). The Bertz CT molecular complexity index is 525. The predicted octanol–water partition coefficient (Wildman–Crippen LogP) is 2.82. The second kappa shape index (κ2) is 4.77. The first-order chi connectivity index (χ1) is 8.08. The van der Waals surface area contributed by atoms with Crippen LogP contribution in [-0.2, 0) is 0 Å². The van der Waals surface area contributed by atoms with Crippen molar-refractivity contribution in [3.05, 3.63) is 58.1 Å². The van der Waals surface area contributed by atoms with Crippen LogP contribution in [0.5, 0.6) is 5.75 Å². The summed E-state index contributed by atoms with van der Waals surface area (Å²) < 4.78 is 0.861. The maximum Gasteiger partial charge on any atom is 0.115 e. The van der Waals surface area contributed by atoms with Gasteiger partial charge in [-0.1, -0.05) is 28.1 Å². The highest BCUT2D eigenvalue weighted by Crippen LogP contribution is 2.29. The number of phenols is 1. The van der Waals surface area contributed by atoms with E-state index in [1.807, 2.05) is 6.07 Å². The van der Waals surface area contributed by atoms with Crippen LogP contribution in [0.25, 0.3) is 0 Å². The zero-order valence-electron chi connectivity index (χ0n) is 8.97. The van der Waals surface area contributed by atoms with E-state index in [9.17, 15) is 10.2 Å². The molecular formula is C13H12BrNO2. The fourth-order valence-corrected chi connectivity index (χ4v) is 2.00. The smallest absolute Gasteiger partial charge is 0.115 e. The Balaban J connectivity index is 2.39. The molecule has 2 aromatic rings. The van der Waals surface area contributed by atoms with Gasteiger partial charge in [0.1, 0.15) is 11.9 Å². The molecule has 0 saturated carbocycles. The molecule has 4 N–H and O–H groups in total. The highest BCUT2D eigenvalue weighted by Gasteiger charge is 2.13. The standard InChI is InChI=1S/C13H12BrNO2/c14-9-3-6-12(15)11(7-9)13(17)8-1-4-10(16)5-2-8/h1-7,13,16-17H,15H2. The van der Waals surface area contributed by atoms with Gasteiger partial charge in [-0.25, -0.2) is 0 Å². The van der Waals surface area contributed by atoms with Gasteiger partial charge < -0.3 is 15.9 Å². The Morgan fingerprint density at radius 3 is 2.35 bits per heavy atom. The fraction of sp³-hybridized carbons (Fsp3) is 0.0769. The normalized spacial score (nSPS) is 12.4. The number of aliphatic hydroxyl groups excluding tert-OH is 1. The quantitative estimate of drug-likeness (QED) is 0.746. The number of anilines is 1. The predicted molar refractivity (Wildman–Crippen MR) is 70.7 cm³/mol. The molecule has 88 valence electrons. The van der Waals surface area contributed by atoms with Gasteiger partial charge in [-0.2, -0.15) is 0 Å². The lowest BCUT2D eigenvalue weighted by Crippen LogP contribution is -2.03. The van der Waals surface area contributed by atoms with Crippen LogP contribution in [0.4, 0.5) is 5.69 Å². The van der Waals surface area contributed by atoms with Crippen molar-refractivity contribution in [3.8, 4) is 5.75 Å². The van der Waals surface area contributed by atoms with Crippen LogP contribution in [0.3, 0.4) is 0 Å². The summed E-state index contributed by atoms with van der Waals surface area (Å²) >= 11 is 3.34. The van der Waals surface area contributed by atoms with Gasteiger partial charge in [-0.3, -0.25) is 0 Å². The molecule has 1 unspecified atom stereocenters. The van der Waals surface area contributed by atoms with Gasteiger partial charge in [0.05, 0.1) is 0 Å². The lowest BCUT2D eigenvalue weighted by atomic mass is 10.00. The van der Waals surface area contributed by atoms with Crippen molar-refractivity contribution in [2.75, 3.05) is 5.73 Å². The number of hydrogen-bond acceptors (Lipinski definition) is 3. The zero-order valence-corrected chi connectivity index (χ0v) is 10.6. The molecule has 0 aromatic heterocycles. The van der Waals surface area contributed by atoms with Crippen LogP contribution in [0.2, 0.25) is 0 Å². The molecule has 0 heterocycles. The summed E-state index contributed by atoms with van der Waals surface area (Å²) in [7, 11) is 0. The van der Waals surface area contributed by atoms with Gasteiger partial charge in [0.25, 0.3) is 0 Å². The molecule has 0 spiro atoms. The van der Waals surface area contributed by atoms with Gasteiger partial charge in [0.2, 0.25) is 0 Å². The summed E-state index contributed by atoms with van der Waals surface area (Å²) in [5.41, 5.74) is 7.69. The van der Waals surface area contributed by atoms with Crippen molar-refractivity contribution in [2.45, 2.75) is 6.10 Å². The molecule has 0 aliphatic carbocycles. The van der Waals surface area contributed by atoms with E-state index in [4.69, 9.17) is 5.73 Å². The number of hydrogen-bond donors (Lipinski definition) is 3. The topological polar surface area (TPSA) is 66.5 Å². The monoisotopic (exact) mass is 293 g/mol. The second-order valence-corrected chi connectivity index (χ2v) is 4.68. The zero-order chi connectivity index (χ0) is 12.4.